The fourth-order valence-electron chi connectivity index (χ4n) is 3.46. The van der Waals surface area contributed by atoms with Crippen LogP contribution in [0.5, 0.6) is 0 Å². The maximum absolute atomic E-state index is 2.67. The van der Waals surface area contributed by atoms with E-state index in [0.29, 0.717) is 5.92 Å². The summed E-state index contributed by atoms with van der Waals surface area (Å²) in [6.45, 7) is 10.8. The van der Waals surface area contributed by atoms with Crippen molar-refractivity contribution in [3.8, 4) is 0 Å². The Balaban J connectivity index is 1.90. The smallest absolute Gasteiger partial charge is 0.00129 e. The molecule has 0 saturated carbocycles. The highest BCUT2D eigenvalue weighted by Crippen LogP contribution is 2.33. The molecule has 0 aromatic heterocycles. The molecule has 1 fully saturated rings. The van der Waals surface area contributed by atoms with Gasteiger partial charge in [0.05, 0.1) is 0 Å². The molecule has 0 amide bonds. The van der Waals surface area contributed by atoms with Gasteiger partial charge in [0, 0.05) is 0 Å². The third-order valence-electron chi connectivity index (χ3n) is 4.72. The van der Waals surface area contributed by atoms with Crippen LogP contribution >= 0.6 is 0 Å². The quantitative estimate of drug-likeness (QED) is 0.646. The molecule has 1 aliphatic heterocycles. The van der Waals surface area contributed by atoms with Crippen molar-refractivity contribution >= 4 is 0 Å². The monoisotopic (exact) mass is 273 g/mol. The van der Waals surface area contributed by atoms with Gasteiger partial charge in [-0.1, -0.05) is 57.9 Å². The minimum atomic E-state index is 0.647. The molecule has 112 valence electrons. The molecule has 1 heterocycles. The van der Waals surface area contributed by atoms with Gasteiger partial charge in [0.15, 0.2) is 0 Å². The molecule has 1 saturated heterocycles. The van der Waals surface area contributed by atoms with Crippen LogP contribution in [0.4, 0.5) is 0 Å². The lowest BCUT2D eigenvalue weighted by Crippen LogP contribution is -2.33. The molecule has 1 heteroatoms. The molecule has 1 aromatic carbocycles. The van der Waals surface area contributed by atoms with Gasteiger partial charge in [0.2, 0.25) is 0 Å². The fraction of sp³-hybridized carbons (Fsp3) is 0.684. The second-order valence-electron chi connectivity index (χ2n) is 6.61. The average Bonchev–Trinajstić information content (AvgIpc) is 2.48. The number of likely N-dealkylation sites (tertiary alicyclic amines) is 1. The number of hydrogen-bond donors (Lipinski definition) is 0. The van der Waals surface area contributed by atoms with Crippen LogP contribution in [0.1, 0.15) is 75.8 Å². The molecule has 1 aromatic rings. The zero-order valence-electron chi connectivity index (χ0n) is 13.6. The maximum Gasteiger partial charge on any atom is -0.00129 e. The average molecular weight is 273 g/mol. The molecule has 2 rings (SSSR count). The van der Waals surface area contributed by atoms with E-state index in [1.165, 1.54) is 51.7 Å². The molecule has 0 N–H and O–H groups in total. The van der Waals surface area contributed by atoms with E-state index in [9.17, 15) is 0 Å². The lowest BCUT2D eigenvalue weighted by atomic mass is 9.83. The Morgan fingerprint density at radius 1 is 1.10 bits per heavy atom. The summed E-state index contributed by atoms with van der Waals surface area (Å²) in [6.07, 6.45) is 6.78. The van der Waals surface area contributed by atoms with Crippen molar-refractivity contribution in [2.24, 2.45) is 0 Å². The normalized spacial score (nSPS) is 17.8. The molecule has 0 radical (unpaired) electrons. The zero-order valence-corrected chi connectivity index (χ0v) is 13.6. The SMILES string of the molecule is CCCCCN1CCC(c2ccccc2C(C)C)CC1. The van der Waals surface area contributed by atoms with Crippen LogP contribution in [0, 0.1) is 0 Å². The summed E-state index contributed by atoms with van der Waals surface area (Å²) in [5.74, 6) is 1.44. The van der Waals surface area contributed by atoms with E-state index in [-0.39, 0.29) is 0 Å². The molecule has 1 aliphatic rings. The van der Waals surface area contributed by atoms with E-state index in [0.717, 1.165) is 5.92 Å². The highest BCUT2D eigenvalue weighted by atomic mass is 15.1. The molecular formula is C19H31N. The third kappa shape index (κ3) is 4.09. The first-order valence-corrected chi connectivity index (χ1v) is 8.53. The predicted molar refractivity (Wildman–Crippen MR) is 88.5 cm³/mol. The molecule has 20 heavy (non-hydrogen) atoms. The number of piperidine rings is 1. The standard InChI is InChI=1S/C19H31N/c1-4-5-8-13-20-14-11-17(12-15-20)19-10-7-6-9-18(19)16(2)3/h6-7,9-10,16-17H,4-5,8,11-15H2,1-3H3. The summed E-state index contributed by atoms with van der Waals surface area (Å²) in [5.41, 5.74) is 3.19. The predicted octanol–water partition coefficient (Wildman–Crippen LogP) is 5.18. The first-order chi connectivity index (χ1) is 9.72. The summed E-state index contributed by atoms with van der Waals surface area (Å²) in [5, 5.41) is 0. The van der Waals surface area contributed by atoms with E-state index in [1.54, 1.807) is 11.1 Å². The number of rotatable bonds is 6. The van der Waals surface area contributed by atoms with Crippen LogP contribution < -0.4 is 0 Å². The molecule has 0 unspecified atom stereocenters. The molecular weight excluding hydrogens is 242 g/mol. The first kappa shape index (κ1) is 15.6. The van der Waals surface area contributed by atoms with Crippen LogP contribution in [-0.4, -0.2) is 24.5 Å². The number of hydrogen-bond acceptors (Lipinski definition) is 1. The topological polar surface area (TPSA) is 3.24 Å². The molecule has 0 bridgehead atoms. The summed E-state index contributed by atoms with van der Waals surface area (Å²) in [4.78, 5) is 2.67. The number of unbranched alkanes of at least 4 members (excludes halogenated alkanes) is 2. The summed E-state index contributed by atoms with van der Waals surface area (Å²) >= 11 is 0. The minimum Gasteiger partial charge on any atom is -0.303 e. The van der Waals surface area contributed by atoms with Crippen LogP contribution in [-0.2, 0) is 0 Å². The summed E-state index contributed by atoms with van der Waals surface area (Å²) in [6, 6.07) is 9.11. The minimum absolute atomic E-state index is 0.647. The van der Waals surface area contributed by atoms with Crippen molar-refractivity contribution in [3.05, 3.63) is 35.4 Å². The van der Waals surface area contributed by atoms with E-state index in [2.05, 4.69) is 49.9 Å². The van der Waals surface area contributed by atoms with Crippen LogP contribution in [0.25, 0.3) is 0 Å². The Morgan fingerprint density at radius 2 is 1.80 bits per heavy atom. The lowest BCUT2D eigenvalue weighted by Gasteiger charge is -2.33. The van der Waals surface area contributed by atoms with Crippen LogP contribution in [0.2, 0.25) is 0 Å². The Hall–Kier alpha value is -0.820. The van der Waals surface area contributed by atoms with E-state index < -0.39 is 0 Å². The molecule has 0 atom stereocenters. The summed E-state index contributed by atoms with van der Waals surface area (Å²) in [7, 11) is 0. The van der Waals surface area contributed by atoms with Crippen molar-refractivity contribution in [2.75, 3.05) is 19.6 Å². The molecule has 0 aliphatic carbocycles. The molecule has 0 spiro atoms. The third-order valence-corrected chi connectivity index (χ3v) is 4.72. The van der Waals surface area contributed by atoms with E-state index in [4.69, 9.17) is 0 Å². The second-order valence-corrected chi connectivity index (χ2v) is 6.61. The molecule has 1 nitrogen and oxygen atoms in total. The lowest BCUT2D eigenvalue weighted by molar-refractivity contribution is 0.208. The van der Waals surface area contributed by atoms with Gasteiger partial charge in [-0.05, 0) is 61.9 Å². The van der Waals surface area contributed by atoms with Gasteiger partial charge >= 0.3 is 0 Å². The largest absolute Gasteiger partial charge is 0.303 e. The van der Waals surface area contributed by atoms with Crippen molar-refractivity contribution in [3.63, 3.8) is 0 Å². The van der Waals surface area contributed by atoms with Crippen LogP contribution in [0.15, 0.2) is 24.3 Å². The first-order valence-electron chi connectivity index (χ1n) is 8.53. The Kier molecular flexibility index (Phi) is 6.09. The van der Waals surface area contributed by atoms with Gasteiger partial charge in [-0.25, -0.2) is 0 Å². The zero-order chi connectivity index (χ0) is 14.4. The number of nitrogens with zero attached hydrogens (tertiary/aromatic N) is 1. The van der Waals surface area contributed by atoms with Crippen molar-refractivity contribution in [2.45, 2.75) is 64.7 Å². The van der Waals surface area contributed by atoms with E-state index >= 15 is 0 Å². The Morgan fingerprint density at radius 3 is 2.45 bits per heavy atom. The van der Waals surface area contributed by atoms with Crippen molar-refractivity contribution < 1.29 is 0 Å². The van der Waals surface area contributed by atoms with Crippen molar-refractivity contribution in [1.82, 2.24) is 4.90 Å². The Bertz CT molecular complexity index is 389. The van der Waals surface area contributed by atoms with Gasteiger partial charge in [-0.2, -0.15) is 0 Å². The van der Waals surface area contributed by atoms with Gasteiger partial charge in [0.25, 0.3) is 0 Å². The summed E-state index contributed by atoms with van der Waals surface area (Å²) < 4.78 is 0. The maximum atomic E-state index is 2.67. The van der Waals surface area contributed by atoms with Gasteiger partial charge < -0.3 is 4.90 Å². The highest BCUT2D eigenvalue weighted by Gasteiger charge is 2.22. The fourth-order valence-corrected chi connectivity index (χ4v) is 3.46. The van der Waals surface area contributed by atoms with Crippen molar-refractivity contribution in [1.29, 1.82) is 0 Å². The second kappa shape index (κ2) is 7.83. The van der Waals surface area contributed by atoms with E-state index in [1.807, 2.05) is 0 Å². The number of benzene rings is 1. The van der Waals surface area contributed by atoms with Gasteiger partial charge in [-0.3, -0.25) is 0 Å². The van der Waals surface area contributed by atoms with Crippen LogP contribution in [0.3, 0.4) is 0 Å². The Labute approximate surface area is 125 Å². The van der Waals surface area contributed by atoms with Gasteiger partial charge in [0.1, 0.15) is 0 Å². The van der Waals surface area contributed by atoms with Gasteiger partial charge in [-0.15, -0.1) is 0 Å². The highest BCUT2D eigenvalue weighted by molar-refractivity contribution is 5.33.